The summed E-state index contributed by atoms with van der Waals surface area (Å²) in [6.45, 7) is 1.83. The fourth-order valence-corrected chi connectivity index (χ4v) is 6.52. The largest absolute Gasteiger partial charge is 0.500 e. The molecule has 8 heteroatoms. The first-order valence-electron chi connectivity index (χ1n) is 8.14. The van der Waals surface area contributed by atoms with Crippen molar-refractivity contribution in [3.8, 4) is 16.9 Å². The van der Waals surface area contributed by atoms with Crippen LogP contribution in [0.4, 0.5) is 5.69 Å². The molecule has 0 aliphatic carbocycles. The number of nitrogens with zero attached hydrogens (tertiary/aromatic N) is 1. The van der Waals surface area contributed by atoms with Crippen molar-refractivity contribution in [1.82, 2.24) is 0 Å². The van der Waals surface area contributed by atoms with Gasteiger partial charge in [0.2, 0.25) is 0 Å². The molecule has 0 radical (unpaired) electrons. The highest BCUT2D eigenvalue weighted by molar-refractivity contribution is 7.99. The maximum absolute atomic E-state index is 13.3. The lowest BCUT2D eigenvalue weighted by atomic mass is 10.0. The van der Waals surface area contributed by atoms with Crippen molar-refractivity contribution in [2.24, 2.45) is 0 Å². The van der Waals surface area contributed by atoms with E-state index in [1.54, 1.807) is 48.5 Å². The van der Waals surface area contributed by atoms with Gasteiger partial charge in [0.1, 0.15) is 5.75 Å². The molecule has 0 saturated heterocycles. The van der Waals surface area contributed by atoms with Gasteiger partial charge in [0.05, 0.1) is 10.6 Å². The van der Waals surface area contributed by atoms with Crippen LogP contribution in [0.25, 0.3) is 11.1 Å². The van der Waals surface area contributed by atoms with E-state index >= 15 is 0 Å². The van der Waals surface area contributed by atoms with Crippen LogP contribution in [0.2, 0.25) is 0 Å². The van der Waals surface area contributed by atoms with Gasteiger partial charge < -0.3 is 4.52 Å². The van der Waals surface area contributed by atoms with E-state index in [1.807, 2.05) is 6.92 Å². The van der Waals surface area contributed by atoms with Crippen molar-refractivity contribution in [2.45, 2.75) is 11.8 Å². The van der Waals surface area contributed by atoms with Gasteiger partial charge in [0.15, 0.2) is 0 Å². The van der Waals surface area contributed by atoms with Crippen LogP contribution in [0.3, 0.4) is 0 Å². The van der Waals surface area contributed by atoms with Gasteiger partial charge in [-0.05, 0) is 31.2 Å². The molecule has 1 aliphatic rings. The lowest BCUT2D eigenvalue weighted by molar-refractivity contribution is 0.382. The average molecular weight is 401 g/mol. The monoisotopic (exact) mass is 401 g/mol. The molecule has 0 saturated carbocycles. The maximum atomic E-state index is 13.3. The minimum atomic E-state index is -4.76. The summed E-state index contributed by atoms with van der Waals surface area (Å²) < 4.78 is 45.5. The van der Waals surface area contributed by atoms with E-state index in [1.165, 1.54) is 24.3 Å². The summed E-state index contributed by atoms with van der Waals surface area (Å²) in [6, 6.07) is 19.3. The van der Waals surface area contributed by atoms with Crippen molar-refractivity contribution in [1.29, 1.82) is 0 Å². The zero-order chi connectivity index (χ0) is 19.2. The molecule has 27 heavy (non-hydrogen) atoms. The van der Waals surface area contributed by atoms with Crippen LogP contribution in [0.15, 0.2) is 77.7 Å². The lowest BCUT2D eigenvalue weighted by Crippen LogP contribution is -2.29. The molecular weight excluding hydrogens is 385 g/mol. The lowest BCUT2D eigenvalue weighted by Gasteiger charge is -2.26. The second-order valence-electron chi connectivity index (χ2n) is 6.16. The Kier molecular flexibility index (Phi) is 4.11. The Morgan fingerprint density at radius 2 is 1.48 bits per heavy atom. The Bertz CT molecular complexity index is 1170. The fourth-order valence-electron chi connectivity index (χ4n) is 3.01. The molecule has 3 aromatic rings. The second kappa shape index (κ2) is 6.23. The fraction of sp³-hybridized carbons (Fsp3) is 0.0526. The predicted molar refractivity (Wildman–Crippen MR) is 103 cm³/mol. The van der Waals surface area contributed by atoms with Crippen LogP contribution in [0.1, 0.15) is 5.56 Å². The predicted octanol–water partition coefficient (Wildman–Crippen LogP) is 4.35. The summed E-state index contributed by atoms with van der Waals surface area (Å²) in [5.41, 5.74) is 2.01. The number of aryl methyl sites for hydroxylation is 1. The van der Waals surface area contributed by atoms with Crippen LogP contribution in [0.5, 0.6) is 5.75 Å². The topological polar surface area (TPSA) is 83.9 Å². The molecule has 138 valence electrons. The van der Waals surface area contributed by atoms with Gasteiger partial charge in [-0.25, -0.2) is 13.0 Å². The number of sulfonamides is 1. The normalized spacial score (nSPS) is 18.8. The van der Waals surface area contributed by atoms with Gasteiger partial charge in [-0.2, -0.15) is 4.08 Å². The van der Waals surface area contributed by atoms with Crippen molar-refractivity contribution in [2.75, 3.05) is 4.08 Å². The molecule has 6 nitrogen and oxygen atoms in total. The smallest absolute Gasteiger partial charge is 0.408 e. The minimum Gasteiger partial charge on any atom is -0.408 e. The quantitative estimate of drug-likeness (QED) is 0.646. The van der Waals surface area contributed by atoms with E-state index in [-0.39, 0.29) is 16.3 Å². The molecule has 0 amide bonds. The maximum Gasteiger partial charge on any atom is 0.500 e. The molecule has 1 aliphatic heterocycles. The minimum absolute atomic E-state index is 0.0910. The molecule has 0 spiro atoms. The molecule has 1 atom stereocenters. The average Bonchev–Trinajstić information content (AvgIpc) is 2.72. The van der Waals surface area contributed by atoms with Gasteiger partial charge in [-0.3, -0.25) is 4.89 Å². The van der Waals surface area contributed by atoms with Gasteiger partial charge in [-0.1, -0.05) is 54.1 Å². The zero-order valence-corrected chi connectivity index (χ0v) is 16.0. The molecule has 3 aromatic carbocycles. The Balaban J connectivity index is 2.01. The molecule has 0 bridgehead atoms. The van der Waals surface area contributed by atoms with Crippen LogP contribution in [-0.2, 0) is 14.6 Å². The Morgan fingerprint density at radius 3 is 2.19 bits per heavy atom. The number of rotatable bonds is 2. The number of hydrogen-bond donors (Lipinski definition) is 1. The van der Waals surface area contributed by atoms with Gasteiger partial charge >= 0.3 is 7.75 Å². The van der Waals surface area contributed by atoms with E-state index in [4.69, 9.17) is 4.52 Å². The zero-order valence-electron chi connectivity index (χ0n) is 14.3. The summed E-state index contributed by atoms with van der Waals surface area (Å²) in [5.74, 6) is 0.150. The molecule has 1 unspecified atom stereocenters. The van der Waals surface area contributed by atoms with E-state index in [0.29, 0.717) is 15.2 Å². The summed E-state index contributed by atoms with van der Waals surface area (Å²) in [7, 11) is -9.10. The van der Waals surface area contributed by atoms with Crippen molar-refractivity contribution >= 4 is 23.5 Å². The molecule has 1 N–H and O–H groups in total. The molecule has 0 fully saturated rings. The van der Waals surface area contributed by atoms with E-state index in [2.05, 4.69) is 0 Å². The first kappa shape index (κ1) is 17.8. The standard InChI is InChI=1S/C19H16NO5PS/c1-14-10-12-15(13-11-14)27(23,24)20-18-8-4-2-6-16(18)17-7-3-5-9-19(17)25-26(20,21)22/h2-13H,1H3,(H,21,22). The Morgan fingerprint density at radius 1 is 0.889 bits per heavy atom. The highest BCUT2D eigenvalue weighted by atomic mass is 32.2. The second-order valence-corrected chi connectivity index (χ2v) is 9.78. The summed E-state index contributed by atoms with van der Waals surface area (Å²) >= 11 is 0. The van der Waals surface area contributed by atoms with E-state index in [9.17, 15) is 17.9 Å². The van der Waals surface area contributed by atoms with Crippen LogP contribution < -0.4 is 8.60 Å². The van der Waals surface area contributed by atoms with Crippen LogP contribution in [0, 0.1) is 6.92 Å². The number of hydrogen-bond acceptors (Lipinski definition) is 4. The van der Waals surface area contributed by atoms with Gasteiger partial charge in [-0.15, -0.1) is 0 Å². The first-order chi connectivity index (χ1) is 12.8. The van der Waals surface area contributed by atoms with Crippen LogP contribution >= 0.6 is 7.75 Å². The molecule has 4 rings (SSSR count). The van der Waals surface area contributed by atoms with Crippen LogP contribution in [-0.4, -0.2) is 13.3 Å². The third kappa shape index (κ3) is 2.94. The number of para-hydroxylation sites is 2. The van der Waals surface area contributed by atoms with Crippen molar-refractivity contribution in [3.05, 3.63) is 78.4 Å². The molecule has 0 aromatic heterocycles. The Labute approximate surface area is 157 Å². The van der Waals surface area contributed by atoms with Gasteiger partial charge in [0.25, 0.3) is 10.0 Å². The van der Waals surface area contributed by atoms with E-state index in [0.717, 1.165) is 5.56 Å². The molecule has 1 heterocycles. The van der Waals surface area contributed by atoms with Crippen molar-refractivity contribution in [3.63, 3.8) is 0 Å². The summed E-state index contributed by atoms with van der Waals surface area (Å²) in [4.78, 5) is 10.5. The number of fused-ring (bicyclic) bond motifs is 3. The van der Waals surface area contributed by atoms with Crippen molar-refractivity contribution < 1.29 is 22.4 Å². The highest BCUT2D eigenvalue weighted by Gasteiger charge is 2.45. The third-order valence-corrected chi connectivity index (χ3v) is 8.17. The Hall–Kier alpha value is -2.60. The third-order valence-electron chi connectivity index (χ3n) is 4.28. The van der Waals surface area contributed by atoms with E-state index < -0.39 is 17.8 Å². The van der Waals surface area contributed by atoms with Gasteiger partial charge in [0, 0.05) is 11.1 Å². The number of benzene rings is 3. The molecular formula is C19H16NO5PS. The number of anilines is 1. The highest BCUT2D eigenvalue weighted by Crippen LogP contribution is 2.58. The first-order valence-corrected chi connectivity index (χ1v) is 11.1. The summed E-state index contributed by atoms with van der Waals surface area (Å²) in [6.07, 6.45) is 0. The summed E-state index contributed by atoms with van der Waals surface area (Å²) in [5, 5.41) is 0. The SMILES string of the molecule is Cc1ccc(S(=O)(=O)N2c3ccccc3-c3ccccc3OP2(=O)O)cc1.